The summed E-state index contributed by atoms with van der Waals surface area (Å²) in [5.74, 6) is 0.722. The summed E-state index contributed by atoms with van der Waals surface area (Å²) in [4.78, 5) is 4.61. The molecule has 0 N–H and O–H groups in total. The molecule has 0 aliphatic rings. The van der Waals surface area contributed by atoms with E-state index in [0.717, 1.165) is 20.5 Å². The van der Waals surface area contributed by atoms with Crippen LogP contribution in [0.5, 0.6) is 0 Å². The van der Waals surface area contributed by atoms with E-state index in [1.54, 1.807) is 12.1 Å². The first-order valence-electron chi connectivity index (χ1n) is 7.84. The van der Waals surface area contributed by atoms with Crippen molar-refractivity contribution in [2.24, 2.45) is 0 Å². The molecule has 0 spiro atoms. The quantitative estimate of drug-likeness (QED) is 0.563. The van der Waals surface area contributed by atoms with Crippen molar-refractivity contribution < 1.29 is 8.42 Å². The summed E-state index contributed by atoms with van der Waals surface area (Å²) in [5.41, 5.74) is 3.41. The molecule has 1 aromatic heterocycles. The third kappa shape index (κ3) is 4.14. The fourth-order valence-electron chi connectivity index (χ4n) is 2.43. The first-order chi connectivity index (χ1) is 11.9. The van der Waals surface area contributed by atoms with Crippen molar-refractivity contribution in [1.29, 1.82) is 0 Å². The van der Waals surface area contributed by atoms with Crippen LogP contribution in [0.4, 0.5) is 0 Å². The molecule has 2 aromatic carbocycles. The molecule has 25 heavy (non-hydrogen) atoms. The first-order valence-corrected chi connectivity index (χ1v) is 11.1. The number of hydrogen-bond acceptors (Lipinski definition) is 5. The molecular weight excluding hydrogens is 370 g/mol. The maximum Gasteiger partial charge on any atom is 0.225 e. The summed E-state index contributed by atoms with van der Waals surface area (Å²) in [5, 5.41) is 0.939. The Kier molecular flexibility index (Phi) is 5.32. The number of thioether (sulfide) groups is 1. The standard InChI is InChI=1S/C19H19NO2S3/c1-13-7-9-17(10-8-13)25(21,22)18-19(24-15(3)20-18)23-12-16-6-4-5-14(2)11-16/h4-11H,12H2,1-3H3. The number of sulfone groups is 1. The van der Waals surface area contributed by atoms with E-state index in [4.69, 9.17) is 0 Å². The second-order valence-electron chi connectivity index (χ2n) is 5.92. The SMILES string of the molecule is Cc1ccc(S(=O)(=O)c2nc(C)sc2SCc2cccc(C)c2)cc1. The summed E-state index contributed by atoms with van der Waals surface area (Å²) in [7, 11) is -3.60. The molecule has 3 aromatic rings. The van der Waals surface area contributed by atoms with Gasteiger partial charge in [-0.3, -0.25) is 0 Å². The van der Waals surface area contributed by atoms with Crippen molar-refractivity contribution in [2.45, 2.75) is 40.7 Å². The van der Waals surface area contributed by atoms with Gasteiger partial charge in [-0.15, -0.1) is 23.1 Å². The van der Waals surface area contributed by atoms with E-state index in [1.165, 1.54) is 34.2 Å². The van der Waals surface area contributed by atoms with Crippen LogP contribution in [0.1, 0.15) is 21.7 Å². The van der Waals surface area contributed by atoms with Gasteiger partial charge in [0.25, 0.3) is 0 Å². The molecule has 0 aliphatic heterocycles. The van der Waals surface area contributed by atoms with Gasteiger partial charge in [-0.1, -0.05) is 47.5 Å². The Morgan fingerprint density at radius 3 is 2.40 bits per heavy atom. The summed E-state index contributed by atoms with van der Waals surface area (Å²) in [6, 6.07) is 15.2. The summed E-state index contributed by atoms with van der Waals surface area (Å²) in [6.45, 7) is 5.83. The molecule has 0 unspecified atom stereocenters. The van der Waals surface area contributed by atoms with Gasteiger partial charge < -0.3 is 0 Å². The second kappa shape index (κ2) is 7.32. The highest BCUT2D eigenvalue weighted by molar-refractivity contribution is 8.01. The number of aromatic nitrogens is 1. The topological polar surface area (TPSA) is 47.0 Å². The minimum atomic E-state index is -3.60. The van der Waals surface area contributed by atoms with Crippen molar-refractivity contribution in [1.82, 2.24) is 4.98 Å². The zero-order chi connectivity index (χ0) is 18.0. The van der Waals surface area contributed by atoms with E-state index < -0.39 is 9.84 Å². The fourth-order valence-corrected chi connectivity index (χ4v) is 6.60. The maximum absolute atomic E-state index is 13.0. The molecule has 0 amide bonds. The predicted molar refractivity (Wildman–Crippen MR) is 104 cm³/mol. The van der Waals surface area contributed by atoms with Crippen LogP contribution in [0.3, 0.4) is 0 Å². The zero-order valence-electron chi connectivity index (χ0n) is 14.3. The molecule has 3 nitrogen and oxygen atoms in total. The number of aryl methyl sites for hydroxylation is 3. The number of thiazole rings is 1. The van der Waals surface area contributed by atoms with Crippen LogP contribution in [0.15, 0.2) is 62.7 Å². The normalized spacial score (nSPS) is 11.6. The van der Waals surface area contributed by atoms with Crippen LogP contribution < -0.4 is 0 Å². The lowest BCUT2D eigenvalue weighted by Gasteiger charge is -2.06. The molecule has 0 radical (unpaired) electrons. The van der Waals surface area contributed by atoms with Crippen LogP contribution >= 0.6 is 23.1 Å². The monoisotopic (exact) mass is 389 g/mol. The van der Waals surface area contributed by atoms with Gasteiger partial charge in [0.05, 0.1) is 14.1 Å². The van der Waals surface area contributed by atoms with Gasteiger partial charge in [0.15, 0.2) is 5.03 Å². The molecule has 0 atom stereocenters. The van der Waals surface area contributed by atoms with Crippen molar-refractivity contribution in [3.63, 3.8) is 0 Å². The van der Waals surface area contributed by atoms with Crippen LogP contribution in [-0.2, 0) is 15.6 Å². The van der Waals surface area contributed by atoms with Crippen molar-refractivity contribution in [2.75, 3.05) is 0 Å². The Morgan fingerprint density at radius 2 is 1.72 bits per heavy atom. The van der Waals surface area contributed by atoms with Gasteiger partial charge in [0.1, 0.15) is 0 Å². The summed E-state index contributed by atoms with van der Waals surface area (Å²) >= 11 is 2.97. The molecular formula is C19H19NO2S3. The fraction of sp³-hybridized carbons (Fsp3) is 0.211. The number of hydrogen-bond donors (Lipinski definition) is 0. The highest BCUT2D eigenvalue weighted by Gasteiger charge is 2.25. The highest BCUT2D eigenvalue weighted by Crippen LogP contribution is 2.37. The minimum Gasteiger partial charge on any atom is -0.228 e. The van der Waals surface area contributed by atoms with E-state index in [2.05, 4.69) is 30.1 Å². The van der Waals surface area contributed by atoms with E-state index in [-0.39, 0.29) is 5.03 Å². The lowest BCUT2D eigenvalue weighted by molar-refractivity contribution is 0.590. The number of rotatable bonds is 5. The Morgan fingerprint density at radius 1 is 1.00 bits per heavy atom. The van der Waals surface area contributed by atoms with E-state index in [0.29, 0.717) is 4.90 Å². The molecule has 1 heterocycles. The Hall–Kier alpha value is -1.63. The van der Waals surface area contributed by atoms with Gasteiger partial charge in [0.2, 0.25) is 9.84 Å². The molecule has 6 heteroatoms. The van der Waals surface area contributed by atoms with E-state index in [1.807, 2.05) is 32.0 Å². The van der Waals surface area contributed by atoms with Gasteiger partial charge in [-0.05, 0) is 38.5 Å². The largest absolute Gasteiger partial charge is 0.228 e. The first kappa shape index (κ1) is 18.2. The predicted octanol–water partition coefficient (Wildman–Crippen LogP) is 5.19. The van der Waals surface area contributed by atoms with E-state index >= 15 is 0 Å². The van der Waals surface area contributed by atoms with Gasteiger partial charge in [0, 0.05) is 5.75 Å². The lowest BCUT2D eigenvalue weighted by atomic mass is 10.2. The average Bonchev–Trinajstić information content (AvgIpc) is 2.95. The second-order valence-corrected chi connectivity index (χ2v) is 10.2. The van der Waals surface area contributed by atoms with Crippen LogP contribution in [0.2, 0.25) is 0 Å². The Bertz CT molecular complexity index is 990. The third-order valence-electron chi connectivity index (χ3n) is 3.71. The van der Waals surface area contributed by atoms with E-state index in [9.17, 15) is 8.42 Å². The summed E-state index contributed by atoms with van der Waals surface area (Å²) in [6.07, 6.45) is 0. The molecule has 0 aliphatic carbocycles. The Balaban J connectivity index is 1.91. The van der Waals surface area contributed by atoms with Gasteiger partial charge in [-0.25, -0.2) is 13.4 Å². The van der Waals surface area contributed by atoms with Crippen molar-refractivity contribution >= 4 is 32.9 Å². The van der Waals surface area contributed by atoms with Crippen LogP contribution in [0.25, 0.3) is 0 Å². The number of nitrogens with zero attached hydrogens (tertiary/aromatic N) is 1. The molecule has 0 bridgehead atoms. The molecule has 0 saturated carbocycles. The number of benzene rings is 2. The highest BCUT2D eigenvalue weighted by atomic mass is 32.2. The van der Waals surface area contributed by atoms with Gasteiger partial charge >= 0.3 is 0 Å². The molecule has 0 fully saturated rings. The lowest BCUT2D eigenvalue weighted by Crippen LogP contribution is -2.04. The minimum absolute atomic E-state index is 0.177. The Labute approximate surface area is 157 Å². The van der Waals surface area contributed by atoms with Crippen LogP contribution in [0, 0.1) is 20.8 Å². The average molecular weight is 390 g/mol. The molecule has 3 rings (SSSR count). The zero-order valence-corrected chi connectivity index (χ0v) is 16.8. The van der Waals surface area contributed by atoms with Crippen LogP contribution in [-0.4, -0.2) is 13.4 Å². The molecule has 0 saturated heterocycles. The summed E-state index contributed by atoms with van der Waals surface area (Å²) < 4.78 is 26.7. The van der Waals surface area contributed by atoms with Gasteiger partial charge in [-0.2, -0.15) is 0 Å². The van der Waals surface area contributed by atoms with Crippen molar-refractivity contribution in [3.8, 4) is 0 Å². The van der Waals surface area contributed by atoms with Crippen molar-refractivity contribution in [3.05, 3.63) is 70.2 Å². The molecule has 130 valence electrons. The maximum atomic E-state index is 13.0. The smallest absolute Gasteiger partial charge is 0.225 e. The third-order valence-corrected chi connectivity index (χ3v) is 7.97.